The lowest BCUT2D eigenvalue weighted by molar-refractivity contribution is 0.286. The molecule has 0 saturated heterocycles. The first-order chi connectivity index (χ1) is 3.79. The molecule has 1 heterocycles. The van der Waals surface area contributed by atoms with E-state index in [-0.39, 0.29) is 0 Å². The van der Waals surface area contributed by atoms with Gasteiger partial charge >= 0.3 is 0 Å². The molecule has 0 bridgehead atoms. The van der Waals surface area contributed by atoms with Crippen LogP contribution in [0.4, 0.5) is 0 Å². The van der Waals surface area contributed by atoms with E-state index in [9.17, 15) is 0 Å². The van der Waals surface area contributed by atoms with E-state index in [1.54, 1.807) is 0 Å². The summed E-state index contributed by atoms with van der Waals surface area (Å²) in [6.45, 7) is -0.674. The van der Waals surface area contributed by atoms with Crippen molar-refractivity contribution in [1.82, 2.24) is 0 Å². The second-order valence-electron chi connectivity index (χ2n) is 0.908. The highest BCUT2D eigenvalue weighted by Crippen LogP contribution is 1.87. The van der Waals surface area contributed by atoms with E-state index >= 15 is 0 Å². The van der Waals surface area contributed by atoms with Gasteiger partial charge in [-0.25, -0.2) is 0 Å². The molecular weight excluding hydrogens is 76.1 g/mol. The standard InChI is InChI=1S/C5H6O/c1-2-4-6-5-3-1/h1-4H,5H2/i1D,5D. The first kappa shape index (κ1) is 1.82. The molecule has 1 aliphatic rings. The lowest BCUT2D eigenvalue weighted by Gasteiger charge is -1.94. The van der Waals surface area contributed by atoms with Crippen LogP contribution in [0.5, 0.6) is 0 Å². The summed E-state index contributed by atoms with van der Waals surface area (Å²) in [7, 11) is 0. The average molecular weight is 84.1 g/mol. The van der Waals surface area contributed by atoms with Crippen molar-refractivity contribution in [2.45, 2.75) is 0 Å². The fourth-order valence-electron chi connectivity index (χ4n) is 0.258. The summed E-state index contributed by atoms with van der Waals surface area (Å²) in [5.74, 6) is 0. The molecule has 0 aromatic heterocycles. The molecule has 0 aromatic rings. The van der Waals surface area contributed by atoms with Gasteiger partial charge in [0.2, 0.25) is 0 Å². The lowest BCUT2D eigenvalue weighted by atomic mass is 10.5. The quantitative estimate of drug-likeness (QED) is 0.427. The van der Waals surface area contributed by atoms with E-state index in [1.165, 1.54) is 18.4 Å². The molecule has 1 heteroatoms. The molecular formula is C5H6O. The largest absolute Gasteiger partial charge is 0.497 e. The van der Waals surface area contributed by atoms with Crippen molar-refractivity contribution in [2.75, 3.05) is 6.58 Å². The molecule has 1 unspecified atom stereocenters. The number of rotatable bonds is 0. The molecule has 1 nitrogen and oxygen atoms in total. The molecule has 0 fully saturated rings. The highest BCUT2D eigenvalue weighted by Gasteiger charge is 1.75. The van der Waals surface area contributed by atoms with Crippen molar-refractivity contribution in [2.24, 2.45) is 0 Å². The van der Waals surface area contributed by atoms with Gasteiger partial charge in [-0.1, -0.05) is 6.05 Å². The molecule has 0 spiro atoms. The van der Waals surface area contributed by atoms with Gasteiger partial charge in [0, 0.05) is 0 Å². The Morgan fingerprint density at radius 3 is 3.50 bits per heavy atom. The van der Waals surface area contributed by atoms with Gasteiger partial charge in [-0.3, -0.25) is 0 Å². The molecule has 0 amide bonds. The molecule has 0 saturated carbocycles. The van der Waals surface area contributed by atoms with Crippen LogP contribution < -0.4 is 0 Å². The number of allylic oxidation sites excluding steroid dienone is 2. The second-order valence-corrected chi connectivity index (χ2v) is 0.908. The summed E-state index contributed by atoms with van der Waals surface area (Å²) in [5.41, 5.74) is 0. The number of hydrogen-bond acceptors (Lipinski definition) is 1. The predicted molar refractivity (Wildman–Crippen MR) is 24.2 cm³/mol. The van der Waals surface area contributed by atoms with E-state index in [0.717, 1.165) is 0 Å². The monoisotopic (exact) mass is 84.1 g/mol. The van der Waals surface area contributed by atoms with Gasteiger partial charge < -0.3 is 4.74 Å². The van der Waals surface area contributed by atoms with Crippen molar-refractivity contribution in [1.29, 1.82) is 0 Å². The second kappa shape index (κ2) is 1.65. The van der Waals surface area contributed by atoms with Crippen LogP contribution in [0.3, 0.4) is 0 Å². The minimum atomic E-state index is -0.674. The Bertz CT molecular complexity index is 139. The van der Waals surface area contributed by atoms with E-state index in [0.29, 0.717) is 6.05 Å². The highest BCUT2D eigenvalue weighted by atomic mass is 16.5. The fourth-order valence-corrected chi connectivity index (χ4v) is 0.258. The SMILES string of the molecule is [2H]C1=CC([2H])OC=C1. The predicted octanol–water partition coefficient (Wildman–Crippen LogP) is 1.09. The van der Waals surface area contributed by atoms with Crippen LogP contribution in [0.25, 0.3) is 0 Å². The van der Waals surface area contributed by atoms with Crippen LogP contribution >= 0.6 is 0 Å². The zero-order chi connectivity index (χ0) is 5.98. The lowest BCUT2D eigenvalue weighted by Crippen LogP contribution is -1.82. The van der Waals surface area contributed by atoms with Crippen molar-refractivity contribution in [3.63, 3.8) is 0 Å². The van der Waals surface area contributed by atoms with Crippen molar-refractivity contribution in [3.8, 4) is 0 Å². The Balaban J connectivity index is 2.63. The van der Waals surface area contributed by atoms with Crippen LogP contribution in [-0.4, -0.2) is 6.58 Å². The van der Waals surface area contributed by atoms with E-state index in [4.69, 9.17) is 2.74 Å². The summed E-state index contributed by atoms with van der Waals surface area (Å²) >= 11 is 0. The minimum absolute atomic E-state index is 0.344. The third kappa shape index (κ3) is 0.612. The summed E-state index contributed by atoms with van der Waals surface area (Å²) in [5, 5.41) is 0. The summed E-state index contributed by atoms with van der Waals surface area (Å²) in [6, 6.07) is 0.344. The van der Waals surface area contributed by atoms with Crippen LogP contribution in [-0.2, 0) is 4.74 Å². The zero-order valence-electron chi connectivity index (χ0n) is 5.22. The zero-order valence-corrected chi connectivity index (χ0v) is 3.22. The summed E-state index contributed by atoms with van der Waals surface area (Å²) < 4.78 is 18.5. The smallest absolute Gasteiger partial charge is 0.106 e. The first-order valence-electron chi connectivity index (χ1n) is 2.79. The molecule has 1 atom stereocenters. The molecule has 0 N–H and O–H groups in total. The Hall–Kier alpha value is -0.720. The van der Waals surface area contributed by atoms with E-state index in [2.05, 4.69) is 4.74 Å². The average Bonchev–Trinajstić information content (AvgIpc) is 1.64. The molecule has 32 valence electrons. The first-order valence-corrected chi connectivity index (χ1v) is 1.72. The topological polar surface area (TPSA) is 9.23 Å². The van der Waals surface area contributed by atoms with Crippen LogP contribution in [0, 0.1) is 0 Å². The maximum Gasteiger partial charge on any atom is 0.106 e. The number of hydrogen-bond donors (Lipinski definition) is 0. The van der Waals surface area contributed by atoms with Gasteiger partial charge in [-0.15, -0.1) is 0 Å². The summed E-state index contributed by atoms with van der Waals surface area (Å²) in [6.07, 6.45) is 4.28. The Morgan fingerprint density at radius 1 is 2.00 bits per heavy atom. The van der Waals surface area contributed by atoms with Crippen LogP contribution in [0.2, 0.25) is 0 Å². The maximum atomic E-state index is 6.98. The molecule has 0 radical (unpaired) electrons. The Morgan fingerprint density at radius 2 is 3.00 bits per heavy atom. The fraction of sp³-hybridized carbons (Fsp3) is 0.200. The Kier molecular flexibility index (Phi) is 0.502. The van der Waals surface area contributed by atoms with Gasteiger partial charge in [0.05, 0.1) is 9.00 Å². The van der Waals surface area contributed by atoms with Crippen molar-refractivity contribution >= 4 is 0 Å². The molecule has 1 aliphatic heterocycles. The molecule has 0 aliphatic carbocycles. The maximum absolute atomic E-state index is 6.98. The third-order valence-electron chi connectivity index (χ3n) is 0.486. The summed E-state index contributed by atoms with van der Waals surface area (Å²) in [4.78, 5) is 0. The van der Waals surface area contributed by atoms with Crippen LogP contribution in [0.1, 0.15) is 2.74 Å². The molecule has 1 rings (SSSR count). The minimum Gasteiger partial charge on any atom is -0.497 e. The number of ether oxygens (including phenoxy) is 1. The van der Waals surface area contributed by atoms with Crippen molar-refractivity contribution in [3.05, 3.63) is 24.5 Å². The molecule has 0 aromatic carbocycles. The van der Waals surface area contributed by atoms with Gasteiger partial charge in [0.15, 0.2) is 0 Å². The third-order valence-corrected chi connectivity index (χ3v) is 0.486. The normalized spacial score (nSPS) is 36.0. The van der Waals surface area contributed by atoms with Crippen molar-refractivity contribution < 1.29 is 7.48 Å². The molecule has 6 heavy (non-hydrogen) atoms. The van der Waals surface area contributed by atoms with E-state index < -0.39 is 6.58 Å². The van der Waals surface area contributed by atoms with Crippen LogP contribution in [0.15, 0.2) is 24.5 Å². The Labute approximate surface area is 39.7 Å². The van der Waals surface area contributed by atoms with Gasteiger partial charge in [0.25, 0.3) is 0 Å². The van der Waals surface area contributed by atoms with E-state index in [1.807, 2.05) is 0 Å². The van der Waals surface area contributed by atoms with Gasteiger partial charge in [0.1, 0.15) is 6.58 Å². The van der Waals surface area contributed by atoms with Gasteiger partial charge in [-0.05, 0) is 12.2 Å². The van der Waals surface area contributed by atoms with Gasteiger partial charge in [-0.2, -0.15) is 0 Å². The highest BCUT2D eigenvalue weighted by molar-refractivity contribution is 5.02.